The summed E-state index contributed by atoms with van der Waals surface area (Å²) in [5, 5.41) is 9.47. The lowest BCUT2D eigenvalue weighted by molar-refractivity contribution is -0.139. The molecule has 1 fully saturated rings. The van der Waals surface area contributed by atoms with Crippen molar-refractivity contribution in [1.82, 2.24) is 4.90 Å². The summed E-state index contributed by atoms with van der Waals surface area (Å²) in [5.41, 5.74) is 4.54. The number of methoxy groups -OCH3 is 1. The number of aliphatic carboxylic acids is 1. The van der Waals surface area contributed by atoms with Gasteiger partial charge in [0.05, 0.1) is 7.11 Å². The lowest BCUT2D eigenvalue weighted by Crippen LogP contribution is -2.45. The molecule has 174 valence electrons. The fourth-order valence-corrected chi connectivity index (χ4v) is 5.09. The first kappa shape index (κ1) is 23.0. The maximum Gasteiger partial charge on any atom is 0.303 e. The number of aryl methyl sites for hydroxylation is 1. The van der Waals surface area contributed by atoms with Crippen LogP contribution >= 0.6 is 0 Å². The zero-order valence-corrected chi connectivity index (χ0v) is 19.2. The molecule has 33 heavy (non-hydrogen) atoms. The number of rotatable bonds is 8. The number of benzene rings is 2. The molecule has 2 atom stereocenters. The number of ether oxygens (including phenoxy) is 1. The van der Waals surface area contributed by atoms with Crippen LogP contribution in [0.5, 0.6) is 5.75 Å². The topological polar surface area (TPSA) is 79.2 Å². The molecular formula is C27H32N2O4. The lowest BCUT2D eigenvalue weighted by Gasteiger charge is -2.39. The monoisotopic (exact) mass is 448 g/mol. The van der Waals surface area contributed by atoms with E-state index in [0.717, 1.165) is 48.4 Å². The van der Waals surface area contributed by atoms with Crippen LogP contribution in [0.1, 0.15) is 42.4 Å². The molecule has 2 aliphatic rings. The highest BCUT2D eigenvalue weighted by Gasteiger charge is 2.34. The van der Waals surface area contributed by atoms with E-state index in [1.807, 2.05) is 41.3 Å². The number of carboxylic acid groups (broad SMARTS) is 1. The molecule has 1 saturated heterocycles. The Hall–Kier alpha value is -3.15. The van der Waals surface area contributed by atoms with E-state index < -0.39 is 5.97 Å². The second kappa shape index (κ2) is 10.6. The first-order chi connectivity index (χ1) is 16.0. The SMILES string of the molecule is COc1ccc2c(c1)CCN=C2C[C@H]1CN(C(=O)CCc2ccccc2)CC[C@H]1CC(=O)O. The third-order valence-corrected chi connectivity index (χ3v) is 6.91. The van der Waals surface area contributed by atoms with Gasteiger partial charge in [0.15, 0.2) is 0 Å². The van der Waals surface area contributed by atoms with E-state index in [2.05, 4.69) is 12.1 Å². The van der Waals surface area contributed by atoms with Crippen molar-refractivity contribution in [2.75, 3.05) is 26.7 Å². The van der Waals surface area contributed by atoms with E-state index in [4.69, 9.17) is 9.73 Å². The molecule has 0 aromatic heterocycles. The van der Waals surface area contributed by atoms with Crippen molar-refractivity contribution in [3.05, 3.63) is 65.2 Å². The number of carbonyl (C=O) groups is 2. The molecule has 1 N–H and O–H groups in total. The highest BCUT2D eigenvalue weighted by atomic mass is 16.5. The van der Waals surface area contributed by atoms with E-state index in [-0.39, 0.29) is 24.2 Å². The Morgan fingerprint density at radius 1 is 1.15 bits per heavy atom. The van der Waals surface area contributed by atoms with E-state index >= 15 is 0 Å². The minimum atomic E-state index is -0.774. The summed E-state index contributed by atoms with van der Waals surface area (Å²) in [4.78, 5) is 31.2. The smallest absolute Gasteiger partial charge is 0.303 e. The van der Waals surface area contributed by atoms with Gasteiger partial charge in [0, 0.05) is 38.2 Å². The standard InChI is InChI=1S/C27H32N2O4/c1-33-23-8-9-24-21(15-23)11-13-28-25(24)16-22-18-29(14-12-20(22)17-27(31)32)26(30)10-7-19-5-3-2-4-6-19/h2-6,8-9,15,20,22H,7,10-14,16-18H2,1H3,(H,31,32)/t20-,22-/m0/s1. The van der Waals surface area contributed by atoms with Crippen LogP contribution in [0.3, 0.4) is 0 Å². The molecular weight excluding hydrogens is 416 g/mol. The summed E-state index contributed by atoms with van der Waals surface area (Å²) in [6.45, 7) is 1.95. The predicted molar refractivity (Wildman–Crippen MR) is 128 cm³/mol. The van der Waals surface area contributed by atoms with Gasteiger partial charge in [-0.15, -0.1) is 0 Å². The minimum Gasteiger partial charge on any atom is -0.497 e. The van der Waals surface area contributed by atoms with Gasteiger partial charge in [-0.2, -0.15) is 0 Å². The van der Waals surface area contributed by atoms with Crippen LogP contribution in [0.15, 0.2) is 53.5 Å². The van der Waals surface area contributed by atoms with Gasteiger partial charge in [0.2, 0.25) is 5.91 Å². The minimum absolute atomic E-state index is 0.0481. The van der Waals surface area contributed by atoms with Crippen molar-refractivity contribution in [2.45, 2.75) is 38.5 Å². The molecule has 0 spiro atoms. The summed E-state index contributed by atoms with van der Waals surface area (Å²) < 4.78 is 5.37. The first-order valence-corrected chi connectivity index (χ1v) is 11.8. The number of likely N-dealkylation sites (tertiary alicyclic amines) is 1. The van der Waals surface area contributed by atoms with Crippen molar-refractivity contribution < 1.29 is 19.4 Å². The van der Waals surface area contributed by atoms with Gasteiger partial charge >= 0.3 is 5.97 Å². The van der Waals surface area contributed by atoms with Crippen LogP contribution in [0.25, 0.3) is 0 Å². The number of carboxylic acids is 1. The van der Waals surface area contributed by atoms with Crippen LogP contribution in [-0.2, 0) is 22.4 Å². The highest BCUT2D eigenvalue weighted by Crippen LogP contribution is 2.33. The van der Waals surface area contributed by atoms with Gasteiger partial charge in [0.1, 0.15) is 5.75 Å². The average Bonchev–Trinajstić information content (AvgIpc) is 2.83. The fourth-order valence-electron chi connectivity index (χ4n) is 5.09. The molecule has 0 radical (unpaired) electrons. The maximum atomic E-state index is 13.0. The second-order valence-electron chi connectivity index (χ2n) is 9.04. The van der Waals surface area contributed by atoms with E-state index in [0.29, 0.717) is 25.9 Å². The third-order valence-electron chi connectivity index (χ3n) is 6.91. The molecule has 4 rings (SSSR count). The molecule has 2 aliphatic heterocycles. The molecule has 2 aromatic carbocycles. The van der Waals surface area contributed by atoms with E-state index in [1.165, 1.54) is 5.56 Å². The Morgan fingerprint density at radius 3 is 2.73 bits per heavy atom. The molecule has 0 aliphatic carbocycles. The van der Waals surface area contributed by atoms with Gasteiger partial charge in [-0.1, -0.05) is 30.3 Å². The molecule has 1 amide bonds. The van der Waals surface area contributed by atoms with Gasteiger partial charge in [0.25, 0.3) is 0 Å². The van der Waals surface area contributed by atoms with Crippen molar-refractivity contribution in [3.8, 4) is 5.75 Å². The van der Waals surface area contributed by atoms with Crippen LogP contribution in [-0.4, -0.2) is 54.3 Å². The highest BCUT2D eigenvalue weighted by molar-refractivity contribution is 6.03. The van der Waals surface area contributed by atoms with E-state index in [9.17, 15) is 14.7 Å². The number of aliphatic imine (C=N–C) groups is 1. The molecule has 2 heterocycles. The van der Waals surface area contributed by atoms with Crippen LogP contribution in [0.2, 0.25) is 0 Å². The van der Waals surface area contributed by atoms with Gasteiger partial charge < -0.3 is 14.7 Å². The second-order valence-corrected chi connectivity index (χ2v) is 9.04. The quantitative estimate of drug-likeness (QED) is 0.662. The van der Waals surface area contributed by atoms with Crippen LogP contribution in [0.4, 0.5) is 0 Å². The molecule has 0 saturated carbocycles. The zero-order valence-electron chi connectivity index (χ0n) is 19.2. The number of hydrogen-bond acceptors (Lipinski definition) is 4. The Balaban J connectivity index is 1.46. The molecule has 0 bridgehead atoms. The number of carbonyl (C=O) groups excluding carboxylic acids is 1. The Bertz CT molecular complexity index is 1020. The van der Waals surface area contributed by atoms with Crippen molar-refractivity contribution in [2.24, 2.45) is 16.8 Å². The summed E-state index contributed by atoms with van der Waals surface area (Å²) in [5.74, 6) is 0.346. The summed E-state index contributed by atoms with van der Waals surface area (Å²) in [7, 11) is 1.67. The number of hydrogen-bond donors (Lipinski definition) is 1. The molecule has 6 heteroatoms. The average molecular weight is 449 g/mol. The zero-order chi connectivity index (χ0) is 23.2. The van der Waals surface area contributed by atoms with Crippen molar-refractivity contribution in [1.29, 1.82) is 0 Å². The normalized spacial score (nSPS) is 20.0. The Morgan fingerprint density at radius 2 is 1.97 bits per heavy atom. The summed E-state index contributed by atoms with van der Waals surface area (Å²) in [6, 6.07) is 16.1. The van der Waals surface area contributed by atoms with Crippen LogP contribution in [0, 0.1) is 11.8 Å². The predicted octanol–water partition coefficient (Wildman–Crippen LogP) is 4.00. The van der Waals surface area contributed by atoms with Gasteiger partial charge in [-0.05, 0) is 72.4 Å². The summed E-state index contributed by atoms with van der Waals surface area (Å²) >= 11 is 0. The van der Waals surface area contributed by atoms with Crippen molar-refractivity contribution in [3.63, 3.8) is 0 Å². The summed E-state index contributed by atoms with van der Waals surface area (Å²) in [6.07, 6.45) is 3.63. The van der Waals surface area contributed by atoms with Crippen molar-refractivity contribution >= 4 is 17.6 Å². The van der Waals surface area contributed by atoms with Gasteiger partial charge in [-0.25, -0.2) is 0 Å². The molecule has 2 aromatic rings. The number of piperidine rings is 1. The largest absolute Gasteiger partial charge is 0.497 e. The Kier molecular flexibility index (Phi) is 7.43. The number of amides is 1. The lowest BCUT2D eigenvalue weighted by atomic mass is 9.78. The number of nitrogens with zero attached hydrogens (tertiary/aromatic N) is 2. The third kappa shape index (κ3) is 5.81. The Labute approximate surface area is 195 Å². The molecule has 6 nitrogen and oxygen atoms in total. The van der Waals surface area contributed by atoms with Gasteiger partial charge in [-0.3, -0.25) is 14.6 Å². The fraction of sp³-hybridized carbons (Fsp3) is 0.444. The van der Waals surface area contributed by atoms with E-state index in [1.54, 1.807) is 7.11 Å². The maximum absolute atomic E-state index is 13.0. The van der Waals surface area contributed by atoms with Crippen LogP contribution < -0.4 is 4.74 Å². The first-order valence-electron chi connectivity index (χ1n) is 11.8. The molecule has 0 unspecified atom stereocenters. The number of fused-ring (bicyclic) bond motifs is 1.